The minimum Gasteiger partial charge on any atom is -0.352 e. The molecule has 0 radical (unpaired) electrons. The van der Waals surface area contributed by atoms with Crippen molar-refractivity contribution in [1.82, 2.24) is 10.3 Å². The Labute approximate surface area is 185 Å². The second-order valence-electron chi connectivity index (χ2n) is 7.28. The summed E-state index contributed by atoms with van der Waals surface area (Å²) in [4.78, 5) is 29.6. The van der Waals surface area contributed by atoms with Gasteiger partial charge in [0, 0.05) is 29.8 Å². The van der Waals surface area contributed by atoms with E-state index in [1.807, 2.05) is 49.4 Å². The SMILES string of the molecule is Cc1ccc(C(=O)NCCCc2nc3ccccc3s2)cc1NC(=O)c1ccccc1. The van der Waals surface area contributed by atoms with E-state index in [9.17, 15) is 9.59 Å². The van der Waals surface area contributed by atoms with Crippen LogP contribution in [0.1, 0.15) is 37.7 Å². The Morgan fingerprint density at radius 2 is 1.68 bits per heavy atom. The number of thiazole rings is 1. The van der Waals surface area contributed by atoms with Crippen LogP contribution in [0.3, 0.4) is 0 Å². The fourth-order valence-electron chi connectivity index (χ4n) is 3.25. The molecule has 0 aliphatic carbocycles. The maximum Gasteiger partial charge on any atom is 0.255 e. The number of anilines is 1. The number of fused-ring (bicyclic) bond motifs is 1. The Morgan fingerprint density at radius 3 is 2.48 bits per heavy atom. The van der Waals surface area contributed by atoms with Crippen LogP contribution in [0.25, 0.3) is 10.2 Å². The van der Waals surface area contributed by atoms with E-state index < -0.39 is 0 Å². The zero-order chi connectivity index (χ0) is 21.6. The van der Waals surface area contributed by atoms with Gasteiger partial charge >= 0.3 is 0 Å². The third-order valence-electron chi connectivity index (χ3n) is 4.98. The summed E-state index contributed by atoms with van der Waals surface area (Å²) in [5, 5.41) is 6.94. The van der Waals surface area contributed by atoms with E-state index in [1.165, 1.54) is 4.70 Å². The van der Waals surface area contributed by atoms with Gasteiger partial charge in [0.05, 0.1) is 15.2 Å². The molecule has 31 heavy (non-hydrogen) atoms. The lowest BCUT2D eigenvalue weighted by Gasteiger charge is -2.11. The Balaban J connectivity index is 1.32. The lowest BCUT2D eigenvalue weighted by molar-refractivity contribution is 0.0951. The van der Waals surface area contributed by atoms with E-state index in [1.54, 1.807) is 35.6 Å². The highest BCUT2D eigenvalue weighted by Gasteiger charge is 2.11. The Bertz CT molecular complexity index is 1180. The fraction of sp³-hybridized carbons (Fsp3) is 0.160. The highest BCUT2D eigenvalue weighted by molar-refractivity contribution is 7.18. The predicted molar refractivity (Wildman–Crippen MR) is 126 cm³/mol. The molecule has 4 rings (SSSR count). The van der Waals surface area contributed by atoms with E-state index in [2.05, 4.69) is 21.7 Å². The van der Waals surface area contributed by atoms with Gasteiger partial charge in [-0.1, -0.05) is 36.4 Å². The highest BCUT2D eigenvalue weighted by Crippen LogP contribution is 2.22. The lowest BCUT2D eigenvalue weighted by atomic mass is 10.1. The van der Waals surface area contributed by atoms with Crippen LogP contribution in [-0.2, 0) is 6.42 Å². The van der Waals surface area contributed by atoms with Gasteiger partial charge in [0.1, 0.15) is 0 Å². The van der Waals surface area contributed by atoms with Gasteiger partial charge in [-0.05, 0) is 55.3 Å². The van der Waals surface area contributed by atoms with Crippen molar-refractivity contribution in [3.8, 4) is 0 Å². The lowest BCUT2D eigenvalue weighted by Crippen LogP contribution is -2.25. The number of benzene rings is 3. The summed E-state index contributed by atoms with van der Waals surface area (Å²) in [6.07, 6.45) is 1.64. The summed E-state index contributed by atoms with van der Waals surface area (Å²) in [5.74, 6) is -0.350. The summed E-state index contributed by atoms with van der Waals surface area (Å²) >= 11 is 1.70. The minimum atomic E-state index is -0.197. The molecule has 0 saturated heterocycles. The molecular formula is C25H23N3O2S. The van der Waals surface area contributed by atoms with Gasteiger partial charge in [-0.2, -0.15) is 0 Å². The number of carbonyl (C=O) groups is 2. The first kappa shape index (κ1) is 20.8. The molecule has 0 saturated carbocycles. The Kier molecular flexibility index (Phi) is 6.38. The summed E-state index contributed by atoms with van der Waals surface area (Å²) in [7, 11) is 0. The van der Waals surface area contributed by atoms with Crippen molar-refractivity contribution in [2.45, 2.75) is 19.8 Å². The molecule has 2 amide bonds. The molecule has 0 spiro atoms. The van der Waals surface area contributed by atoms with Gasteiger partial charge in [-0.3, -0.25) is 9.59 Å². The van der Waals surface area contributed by atoms with Crippen molar-refractivity contribution in [2.75, 3.05) is 11.9 Å². The first-order valence-corrected chi connectivity index (χ1v) is 11.0. The number of hydrogen-bond acceptors (Lipinski definition) is 4. The topological polar surface area (TPSA) is 71.1 Å². The predicted octanol–water partition coefficient (Wildman–Crippen LogP) is 5.22. The number of aromatic nitrogens is 1. The molecule has 5 nitrogen and oxygen atoms in total. The zero-order valence-electron chi connectivity index (χ0n) is 17.2. The molecular weight excluding hydrogens is 406 g/mol. The van der Waals surface area contributed by atoms with Crippen molar-refractivity contribution in [3.63, 3.8) is 0 Å². The first-order chi connectivity index (χ1) is 15.1. The highest BCUT2D eigenvalue weighted by atomic mass is 32.1. The summed E-state index contributed by atoms with van der Waals surface area (Å²) in [6, 6.07) is 22.5. The van der Waals surface area contributed by atoms with Crippen molar-refractivity contribution in [3.05, 3.63) is 94.5 Å². The van der Waals surface area contributed by atoms with Gasteiger partial charge in [0.25, 0.3) is 11.8 Å². The molecule has 6 heteroatoms. The van der Waals surface area contributed by atoms with E-state index in [0.717, 1.165) is 28.9 Å². The van der Waals surface area contributed by atoms with E-state index >= 15 is 0 Å². The van der Waals surface area contributed by atoms with Crippen molar-refractivity contribution in [1.29, 1.82) is 0 Å². The number of rotatable bonds is 7. The summed E-state index contributed by atoms with van der Waals surface area (Å²) in [6.45, 7) is 2.47. The van der Waals surface area contributed by atoms with Gasteiger partial charge in [-0.15, -0.1) is 11.3 Å². The number of nitrogens with zero attached hydrogens (tertiary/aromatic N) is 1. The Morgan fingerprint density at radius 1 is 0.903 bits per heavy atom. The van der Waals surface area contributed by atoms with Gasteiger partial charge in [-0.25, -0.2) is 4.98 Å². The second-order valence-corrected chi connectivity index (χ2v) is 8.40. The molecule has 3 aromatic carbocycles. The Hall–Kier alpha value is -3.51. The van der Waals surface area contributed by atoms with Crippen LogP contribution in [0.4, 0.5) is 5.69 Å². The zero-order valence-corrected chi connectivity index (χ0v) is 18.0. The van der Waals surface area contributed by atoms with E-state index in [0.29, 0.717) is 23.4 Å². The van der Waals surface area contributed by atoms with Crippen LogP contribution < -0.4 is 10.6 Å². The third-order valence-corrected chi connectivity index (χ3v) is 6.07. The van der Waals surface area contributed by atoms with Crippen LogP contribution in [0.5, 0.6) is 0 Å². The normalized spacial score (nSPS) is 10.7. The number of carbonyl (C=O) groups excluding carboxylic acids is 2. The molecule has 2 N–H and O–H groups in total. The fourth-order valence-corrected chi connectivity index (χ4v) is 4.26. The molecule has 4 aromatic rings. The van der Waals surface area contributed by atoms with Crippen molar-refractivity contribution in [2.24, 2.45) is 0 Å². The van der Waals surface area contributed by atoms with Crippen LogP contribution in [0.15, 0.2) is 72.8 Å². The minimum absolute atomic E-state index is 0.153. The largest absolute Gasteiger partial charge is 0.352 e. The molecule has 0 bridgehead atoms. The molecule has 1 heterocycles. The van der Waals surface area contributed by atoms with E-state index in [-0.39, 0.29) is 11.8 Å². The van der Waals surface area contributed by atoms with Crippen LogP contribution in [0, 0.1) is 6.92 Å². The summed E-state index contributed by atoms with van der Waals surface area (Å²) < 4.78 is 1.19. The molecule has 156 valence electrons. The van der Waals surface area contributed by atoms with Crippen LogP contribution in [0.2, 0.25) is 0 Å². The van der Waals surface area contributed by atoms with Gasteiger partial charge in [0.2, 0.25) is 0 Å². The van der Waals surface area contributed by atoms with Crippen molar-refractivity contribution < 1.29 is 9.59 Å². The molecule has 0 aliphatic heterocycles. The number of aryl methyl sites for hydroxylation is 2. The average molecular weight is 430 g/mol. The molecule has 0 unspecified atom stereocenters. The molecule has 0 aliphatic rings. The van der Waals surface area contributed by atoms with Crippen molar-refractivity contribution >= 4 is 39.1 Å². The van der Waals surface area contributed by atoms with E-state index in [4.69, 9.17) is 0 Å². The van der Waals surface area contributed by atoms with Gasteiger partial charge in [0.15, 0.2) is 0 Å². The number of amides is 2. The smallest absolute Gasteiger partial charge is 0.255 e. The maximum atomic E-state index is 12.6. The molecule has 0 fully saturated rings. The average Bonchev–Trinajstić information content (AvgIpc) is 3.21. The monoisotopic (exact) mass is 429 g/mol. The summed E-state index contributed by atoms with van der Waals surface area (Å²) in [5.41, 5.74) is 3.66. The standard InChI is InChI=1S/C25H23N3O2S/c1-17-13-14-19(16-21(17)28-25(30)18-8-3-2-4-9-18)24(29)26-15-7-12-23-27-20-10-5-6-11-22(20)31-23/h2-6,8-11,13-14,16H,7,12,15H2,1H3,(H,26,29)(H,28,30). The van der Waals surface area contributed by atoms with Gasteiger partial charge < -0.3 is 10.6 Å². The molecule has 1 aromatic heterocycles. The maximum absolute atomic E-state index is 12.6. The van der Waals surface area contributed by atoms with Crippen LogP contribution >= 0.6 is 11.3 Å². The third kappa shape index (κ3) is 5.16. The second kappa shape index (κ2) is 9.53. The first-order valence-electron chi connectivity index (χ1n) is 10.2. The molecule has 0 atom stereocenters. The number of para-hydroxylation sites is 1. The van der Waals surface area contributed by atoms with Crippen LogP contribution in [-0.4, -0.2) is 23.3 Å². The number of nitrogens with one attached hydrogen (secondary N) is 2. The number of hydrogen-bond donors (Lipinski definition) is 2. The quantitative estimate of drug-likeness (QED) is 0.396.